The Kier molecular flexibility index (Phi) is 8.65. The number of β-amino-alcohol motifs (C(OH)–C–C–N with tert-alkyl or cyclic N) is 1. The van der Waals surface area contributed by atoms with Crippen molar-refractivity contribution in [3.63, 3.8) is 0 Å². The molecule has 2 atom stereocenters. The number of carbonyl (C=O) groups is 3. The van der Waals surface area contributed by atoms with E-state index in [2.05, 4.69) is 25.1 Å². The molecule has 2 saturated heterocycles. The van der Waals surface area contributed by atoms with E-state index in [1.54, 1.807) is 18.2 Å². The van der Waals surface area contributed by atoms with Crippen molar-refractivity contribution >= 4 is 61.3 Å². The van der Waals surface area contributed by atoms with E-state index in [9.17, 15) is 33.0 Å². The quantitative estimate of drug-likeness (QED) is 0.0372. The largest absolute Gasteiger partial charge is 0.489 e. The number of carboxylic acids is 1. The van der Waals surface area contributed by atoms with Crippen LogP contribution in [0.1, 0.15) is 19.5 Å². The van der Waals surface area contributed by atoms with Crippen LogP contribution in [0, 0.1) is 0 Å². The summed E-state index contributed by atoms with van der Waals surface area (Å²) in [6.45, 7) is 3.53. The molecule has 2 aliphatic heterocycles. The highest BCUT2D eigenvalue weighted by Crippen LogP contribution is 2.33. The second-order valence-corrected chi connectivity index (χ2v) is 13.1. The lowest BCUT2D eigenvalue weighted by Crippen LogP contribution is -2.76. The molecule has 248 valence electrons. The fourth-order valence-electron chi connectivity index (χ4n) is 4.84. The predicted octanol–water partition coefficient (Wildman–Crippen LogP) is -2.07. The molecule has 0 aliphatic carbocycles. The molecule has 7 N–H and O–H groups in total. The molecule has 46 heavy (non-hydrogen) atoms. The number of carboxylic acid groups (broad SMARTS) is 1. The molecule has 1 aromatic carbocycles. The van der Waals surface area contributed by atoms with Crippen LogP contribution in [0.2, 0.25) is 0 Å². The lowest BCUT2D eigenvalue weighted by atomic mass is 9.84. The Morgan fingerprint density at radius 1 is 1.35 bits per heavy atom. The number of anilines is 1. The lowest BCUT2D eigenvalue weighted by Gasteiger charge is -2.50. The van der Waals surface area contributed by atoms with Crippen molar-refractivity contribution in [2.75, 3.05) is 25.4 Å². The van der Waals surface area contributed by atoms with Crippen LogP contribution in [0.3, 0.4) is 0 Å². The monoisotopic (exact) mass is 683 g/mol. The number of ether oxygens (including phenoxy) is 1. The van der Waals surface area contributed by atoms with Gasteiger partial charge in [-0.2, -0.15) is 18.2 Å². The van der Waals surface area contributed by atoms with Gasteiger partial charge in [0.05, 0.1) is 18.0 Å². The molecule has 5 rings (SSSR count). The van der Waals surface area contributed by atoms with Crippen molar-refractivity contribution in [1.29, 1.82) is 0 Å². The van der Waals surface area contributed by atoms with E-state index in [1.807, 2.05) is 22.6 Å². The number of β-lactam (4-membered cyclic amide) rings is 1. The summed E-state index contributed by atoms with van der Waals surface area (Å²) in [5.74, 6) is -3.17. The molecule has 0 saturated carbocycles. The van der Waals surface area contributed by atoms with Gasteiger partial charge in [-0.3, -0.25) is 14.1 Å². The number of aryl methyl sites for hydroxylation is 1. The van der Waals surface area contributed by atoms with Crippen molar-refractivity contribution in [3.05, 3.63) is 35.5 Å². The number of rotatable bonds is 13. The zero-order chi connectivity index (χ0) is 33.6. The van der Waals surface area contributed by atoms with Crippen LogP contribution in [0.15, 0.2) is 34.9 Å². The van der Waals surface area contributed by atoms with Crippen LogP contribution in [0.25, 0.3) is 10.9 Å². The standard InChI is InChI=1S/C25H30N8O11S2/c1-24(2)19(21(35)33(24)44-46(39,40)41)29-20(34)18(15-9-45-23(26)28-15)30-43-17(22(36)37)8-42-14-4-5-16-13(6-14)7-32(31(16)3)12-25(38)10-27-11-25/h4-7,9,17,19,27,38H,8,10-12H2,1-3H3,(H4-,26,28,29,34,36,37,39,40,41)/p+1/b30-18-/t17?,19-/m1/s1. The number of aromatic nitrogens is 3. The average Bonchev–Trinajstić information content (AvgIpc) is 3.52. The normalized spacial score (nSPS) is 19.7. The number of aliphatic carboxylic acids is 1. The summed E-state index contributed by atoms with van der Waals surface area (Å²) in [7, 11) is -3.17. The molecule has 21 heteroatoms. The first-order valence-electron chi connectivity index (χ1n) is 13.5. The highest BCUT2D eigenvalue weighted by Gasteiger charge is 2.58. The van der Waals surface area contributed by atoms with Crippen molar-refractivity contribution in [2.45, 2.75) is 43.7 Å². The number of fused-ring (bicyclic) bond motifs is 1. The Balaban J connectivity index is 1.29. The molecule has 2 aromatic heterocycles. The molecule has 3 aromatic rings. The molecule has 19 nitrogen and oxygen atoms in total. The molecule has 0 bridgehead atoms. The molecule has 1 unspecified atom stereocenters. The number of amides is 2. The summed E-state index contributed by atoms with van der Waals surface area (Å²) in [5, 5.41) is 32.0. The molecule has 0 spiro atoms. The van der Waals surface area contributed by atoms with E-state index in [0.29, 0.717) is 30.4 Å². The number of hydrogen-bond donors (Lipinski definition) is 6. The third-order valence-corrected chi connectivity index (χ3v) is 8.45. The lowest BCUT2D eigenvalue weighted by molar-refractivity contribution is -0.782. The number of nitrogens with two attached hydrogens (primary N) is 1. The van der Waals surface area contributed by atoms with Gasteiger partial charge in [0.25, 0.3) is 17.9 Å². The number of carbonyl (C=O) groups excluding carboxylic acids is 2. The first-order chi connectivity index (χ1) is 21.5. The molecule has 0 radical (unpaired) electrons. The Bertz CT molecular complexity index is 1830. The maximum atomic E-state index is 13.2. The van der Waals surface area contributed by atoms with Crippen LogP contribution in [0.4, 0.5) is 5.13 Å². The number of hydroxylamine groups is 2. The number of oxime groups is 1. The molecular formula is C25H31N8O11S2+. The van der Waals surface area contributed by atoms with E-state index < -0.39 is 63.8 Å². The summed E-state index contributed by atoms with van der Waals surface area (Å²) in [5.41, 5.74) is 3.64. The van der Waals surface area contributed by atoms with Crippen LogP contribution in [-0.4, -0.2) is 104 Å². The number of aliphatic hydroxyl groups is 1. The Hall–Kier alpha value is -4.41. The SMILES string of the molecule is Cn1c2ccc(OCC(O/N=C(\C(=O)N[C@@H]3C(=O)N(OS(=O)(=O)O)C3(C)C)c3csc(N)n3)C(=O)O)cc2c[n+]1CC1(O)CNC1. The van der Waals surface area contributed by atoms with Crippen LogP contribution in [-0.2, 0) is 47.5 Å². The fraction of sp³-hybridized carbons (Fsp3) is 0.440. The summed E-state index contributed by atoms with van der Waals surface area (Å²) in [4.78, 5) is 46.9. The number of nitrogens with zero attached hydrogens (tertiary/aromatic N) is 5. The van der Waals surface area contributed by atoms with E-state index in [-0.39, 0.29) is 10.8 Å². The fourth-order valence-corrected chi connectivity index (χ4v) is 5.84. The minimum Gasteiger partial charge on any atom is -0.489 e. The minimum atomic E-state index is -5.02. The van der Waals surface area contributed by atoms with Crippen molar-refractivity contribution < 1.29 is 56.1 Å². The van der Waals surface area contributed by atoms with E-state index in [0.717, 1.165) is 22.2 Å². The van der Waals surface area contributed by atoms with Gasteiger partial charge in [-0.25, -0.2) is 9.78 Å². The van der Waals surface area contributed by atoms with Gasteiger partial charge in [0.15, 0.2) is 16.4 Å². The Morgan fingerprint density at radius 2 is 2.07 bits per heavy atom. The van der Waals surface area contributed by atoms with Gasteiger partial charge in [0.2, 0.25) is 12.7 Å². The predicted molar refractivity (Wildman–Crippen MR) is 157 cm³/mol. The number of nitrogens with one attached hydrogen (secondary N) is 2. The molecule has 2 amide bonds. The number of nitrogen functional groups attached to an aromatic ring is 1. The molecule has 2 fully saturated rings. The van der Waals surface area contributed by atoms with Gasteiger partial charge in [0.1, 0.15) is 29.6 Å². The second kappa shape index (κ2) is 12.1. The van der Waals surface area contributed by atoms with Crippen LogP contribution >= 0.6 is 11.3 Å². The topological polar surface area (TPSA) is 261 Å². The molecule has 4 heterocycles. The number of hydrogen-bond acceptors (Lipinski definition) is 14. The van der Waals surface area contributed by atoms with E-state index in [4.69, 9.17) is 19.9 Å². The minimum absolute atomic E-state index is 0.0533. The summed E-state index contributed by atoms with van der Waals surface area (Å²) >= 11 is 0.954. The van der Waals surface area contributed by atoms with Gasteiger partial charge in [-0.15, -0.1) is 20.3 Å². The van der Waals surface area contributed by atoms with Crippen molar-refractivity contribution in [1.82, 2.24) is 25.4 Å². The summed E-state index contributed by atoms with van der Waals surface area (Å²) in [6.07, 6.45) is 0.136. The highest BCUT2D eigenvalue weighted by molar-refractivity contribution is 7.80. The summed E-state index contributed by atoms with van der Waals surface area (Å²) in [6, 6.07) is 3.78. The third-order valence-electron chi connectivity index (χ3n) is 7.43. The van der Waals surface area contributed by atoms with Crippen LogP contribution < -0.4 is 25.8 Å². The maximum Gasteiger partial charge on any atom is 0.418 e. The Morgan fingerprint density at radius 3 is 2.63 bits per heavy atom. The van der Waals surface area contributed by atoms with E-state index >= 15 is 0 Å². The second-order valence-electron chi connectivity index (χ2n) is 11.2. The number of benzene rings is 1. The van der Waals surface area contributed by atoms with Crippen molar-refractivity contribution in [3.8, 4) is 5.75 Å². The van der Waals surface area contributed by atoms with Crippen molar-refractivity contribution in [2.24, 2.45) is 12.2 Å². The Labute approximate surface area is 265 Å². The van der Waals surface area contributed by atoms with Gasteiger partial charge < -0.3 is 36.2 Å². The van der Waals surface area contributed by atoms with Gasteiger partial charge in [-0.05, 0) is 32.0 Å². The zero-order valence-corrected chi connectivity index (χ0v) is 26.2. The molecule has 2 aliphatic rings. The van der Waals surface area contributed by atoms with Gasteiger partial charge in [-0.1, -0.05) is 5.16 Å². The van der Waals surface area contributed by atoms with Gasteiger partial charge >= 0.3 is 16.4 Å². The highest BCUT2D eigenvalue weighted by atomic mass is 32.3. The van der Waals surface area contributed by atoms with Crippen LogP contribution in [0.5, 0.6) is 5.75 Å². The third kappa shape index (κ3) is 6.73. The zero-order valence-electron chi connectivity index (χ0n) is 24.6. The number of thiazole rings is 1. The average molecular weight is 684 g/mol. The first kappa shape index (κ1) is 33.0. The summed E-state index contributed by atoms with van der Waals surface area (Å²) < 4.78 is 44.8. The smallest absolute Gasteiger partial charge is 0.418 e. The maximum absolute atomic E-state index is 13.2. The first-order valence-corrected chi connectivity index (χ1v) is 15.8. The van der Waals surface area contributed by atoms with E-state index in [1.165, 1.54) is 19.2 Å². The molecular weight excluding hydrogens is 652 g/mol. The van der Waals surface area contributed by atoms with Gasteiger partial charge in [0, 0.05) is 18.5 Å².